The molecule has 0 N–H and O–H groups in total. The lowest BCUT2D eigenvalue weighted by molar-refractivity contribution is -0.0403. The van der Waals surface area contributed by atoms with Crippen molar-refractivity contribution in [3.8, 4) is 0 Å². The third-order valence-corrected chi connectivity index (χ3v) is 5.54. The molecule has 1 fully saturated rings. The van der Waals surface area contributed by atoms with E-state index in [1.165, 1.54) is 43.3 Å². The lowest BCUT2D eigenvalue weighted by Gasteiger charge is -2.20. The molecule has 1 aliphatic rings. The van der Waals surface area contributed by atoms with Gasteiger partial charge in [-0.05, 0) is 43.3 Å². The lowest BCUT2D eigenvalue weighted by Crippen LogP contribution is -2.37. The van der Waals surface area contributed by atoms with Crippen LogP contribution in [0, 0.1) is 0 Å². The molecule has 2 aromatic carbocycles. The van der Waals surface area contributed by atoms with Crippen molar-refractivity contribution in [1.82, 2.24) is 0 Å². The van der Waals surface area contributed by atoms with Crippen LogP contribution in [0.4, 0.5) is 4.39 Å². The Morgan fingerprint density at radius 1 is 0.967 bits per heavy atom. The Hall–Kier alpha value is -1.57. The Kier molecular flexibility index (Phi) is 7.47. The van der Waals surface area contributed by atoms with Crippen LogP contribution in [0.2, 0.25) is 20.1 Å². The molecule has 1 saturated heterocycles. The number of carbonyl (C=O) groups is 2. The van der Waals surface area contributed by atoms with Gasteiger partial charge in [-0.1, -0.05) is 46.4 Å². The monoisotopic (exact) mass is 494 g/mol. The maximum absolute atomic E-state index is 14.6. The summed E-state index contributed by atoms with van der Waals surface area (Å²) in [5, 5.41) is 0.869. The number of carbonyl (C=O) groups excluding carboxylic acids is 2. The molecule has 0 aromatic heterocycles. The van der Waals surface area contributed by atoms with Crippen LogP contribution in [0.25, 0.3) is 0 Å². The van der Waals surface area contributed by atoms with Crippen LogP contribution in [0.1, 0.15) is 27.6 Å². The summed E-state index contributed by atoms with van der Waals surface area (Å²) in [5.74, 6) is -1.60. The van der Waals surface area contributed by atoms with E-state index in [-0.39, 0.29) is 27.8 Å². The average molecular weight is 496 g/mol. The van der Waals surface area contributed by atoms with Crippen molar-refractivity contribution in [3.63, 3.8) is 0 Å². The molecule has 0 spiro atoms. The molecule has 2 aromatic rings. The Labute approximate surface area is 191 Å². The molecule has 10 heteroatoms. The number of alkyl halides is 1. The standard InChI is InChI=1S/C20H15Cl4FO5/c1-9-17(25)18(30-20(27)13-5-3-11(22)7-15(13)24)16(29-9)8-28-19(26)12-4-2-10(21)6-14(12)23/h2-7,9,16-18H,8H2,1H3/t9?,16-,17-,18-/m1/s1. The van der Waals surface area contributed by atoms with Crippen LogP contribution in [0.15, 0.2) is 36.4 Å². The van der Waals surface area contributed by atoms with E-state index < -0.39 is 36.4 Å². The smallest absolute Gasteiger partial charge is 0.340 e. The van der Waals surface area contributed by atoms with Gasteiger partial charge in [0.2, 0.25) is 0 Å². The molecule has 0 amide bonds. The minimum atomic E-state index is -1.62. The summed E-state index contributed by atoms with van der Waals surface area (Å²) < 4.78 is 30.5. The minimum Gasteiger partial charge on any atom is -0.459 e. The molecule has 1 heterocycles. The molecule has 3 rings (SSSR count). The number of hydrogen-bond donors (Lipinski definition) is 0. The summed E-state index contributed by atoms with van der Waals surface area (Å²) in [5.41, 5.74) is 0.113. The summed E-state index contributed by atoms with van der Waals surface area (Å²) in [6, 6.07) is 8.48. The second-order valence-corrected chi connectivity index (χ2v) is 8.23. The predicted octanol–water partition coefficient (Wildman–Crippen LogP) is 5.81. The minimum absolute atomic E-state index is 0.0245. The van der Waals surface area contributed by atoms with Crippen molar-refractivity contribution >= 4 is 58.3 Å². The second-order valence-electron chi connectivity index (χ2n) is 6.54. The quantitative estimate of drug-likeness (QED) is 0.490. The summed E-state index contributed by atoms with van der Waals surface area (Å²) in [7, 11) is 0. The van der Waals surface area contributed by atoms with Crippen LogP contribution in [-0.4, -0.2) is 43.0 Å². The Morgan fingerprint density at radius 3 is 2.03 bits per heavy atom. The van der Waals surface area contributed by atoms with E-state index in [9.17, 15) is 14.0 Å². The van der Waals surface area contributed by atoms with E-state index in [0.29, 0.717) is 10.0 Å². The van der Waals surface area contributed by atoms with Gasteiger partial charge in [-0.3, -0.25) is 0 Å². The molecule has 4 atom stereocenters. The van der Waals surface area contributed by atoms with Crippen LogP contribution in [0.3, 0.4) is 0 Å². The Bertz CT molecular complexity index is 970. The number of benzene rings is 2. The van der Waals surface area contributed by atoms with Gasteiger partial charge in [-0.15, -0.1) is 0 Å². The SMILES string of the molecule is CC1O[C@H](COC(=O)c2ccc(Cl)cc2Cl)[C@@H](OC(=O)c2ccc(Cl)cc2Cl)[C@@H]1F. The number of esters is 2. The van der Waals surface area contributed by atoms with Crippen molar-refractivity contribution in [3.05, 3.63) is 67.6 Å². The van der Waals surface area contributed by atoms with Gasteiger partial charge in [-0.25, -0.2) is 14.0 Å². The lowest BCUT2D eigenvalue weighted by atomic mass is 10.1. The predicted molar refractivity (Wildman–Crippen MR) is 112 cm³/mol. The van der Waals surface area contributed by atoms with E-state index in [1.807, 2.05) is 0 Å². The van der Waals surface area contributed by atoms with Gasteiger partial charge < -0.3 is 14.2 Å². The van der Waals surface area contributed by atoms with Crippen LogP contribution < -0.4 is 0 Å². The highest BCUT2D eigenvalue weighted by atomic mass is 35.5. The molecule has 0 radical (unpaired) electrons. The van der Waals surface area contributed by atoms with Gasteiger partial charge in [0.25, 0.3) is 0 Å². The Morgan fingerprint density at radius 2 is 1.50 bits per heavy atom. The van der Waals surface area contributed by atoms with Gasteiger partial charge in [0.05, 0.1) is 27.3 Å². The fourth-order valence-corrected chi connectivity index (χ4v) is 3.88. The fourth-order valence-electron chi connectivity index (χ4n) is 2.91. The van der Waals surface area contributed by atoms with Gasteiger partial charge >= 0.3 is 11.9 Å². The molecule has 1 unspecified atom stereocenters. The molecule has 30 heavy (non-hydrogen) atoms. The molecule has 5 nitrogen and oxygen atoms in total. The number of rotatable bonds is 5. The Balaban J connectivity index is 1.69. The first-order valence-electron chi connectivity index (χ1n) is 8.75. The normalized spacial score (nSPS) is 23.3. The van der Waals surface area contributed by atoms with Crippen molar-refractivity contribution in [2.75, 3.05) is 6.61 Å². The molecule has 0 saturated carbocycles. The van der Waals surface area contributed by atoms with Crippen molar-refractivity contribution < 1.29 is 28.2 Å². The molecule has 1 aliphatic heterocycles. The first-order valence-corrected chi connectivity index (χ1v) is 10.3. The van der Waals surface area contributed by atoms with E-state index >= 15 is 0 Å². The van der Waals surface area contributed by atoms with Gasteiger partial charge in [-0.2, -0.15) is 0 Å². The third kappa shape index (κ3) is 5.18. The van der Waals surface area contributed by atoms with Crippen molar-refractivity contribution in [2.45, 2.75) is 31.4 Å². The van der Waals surface area contributed by atoms with Gasteiger partial charge in [0.1, 0.15) is 12.7 Å². The molecule has 0 aliphatic carbocycles. The summed E-state index contributed by atoms with van der Waals surface area (Å²) >= 11 is 23.6. The van der Waals surface area contributed by atoms with Gasteiger partial charge in [0, 0.05) is 10.0 Å². The highest BCUT2D eigenvalue weighted by Gasteiger charge is 2.46. The number of ether oxygens (including phenoxy) is 3. The van der Waals surface area contributed by atoms with Crippen molar-refractivity contribution in [2.24, 2.45) is 0 Å². The zero-order valence-corrected chi connectivity index (χ0v) is 18.4. The average Bonchev–Trinajstić information content (AvgIpc) is 2.93. The fraction of sp³-hybridized carbons (Fsp3) is 0.300. The number of hydrogen-bond acceptors (Lipinski definition) is 5. The van der Waals surface area contributed by atoms with Crippen LogP contribution in [-0.2, 0) is 14.2 Å². The maximum atomic E-state index is 14.6. The molecular weight excluding hydrogens is 481 g/mol. The highest BCUT2D eigenvalue weighted by Crippen LogP contribution is 2.30. The molecular formula is C20H15Cl4FO5. The van der Waals surface area contributed by atoms with E-state index in [0.717, 1.165) is 0 Å². The van der Waals surface area contributed by atoms with E-state index in [2.05, 4.69) is 0 Å². The van der Waals surface area contributed by atoms with E-state index in [4.69, 9.17) is 60.6 Å². The molecule has 160 valence electrons. The zero-order valence-electron chi connectivity index (χ0n) is 15.4. The largest absolute Gasteiger partial charge is 0.459 e. The first-order chi connectivity index (χ1) is 14.2. The van der Waals surface area contributed by atoms with Crippen molar-refractivity contribution in [1.29, 1.82) is 0 Å². The summed E-state index contributed by atoms with van der Waals surface area (Å²) in [6.45, 7) is 1.13. The van der Waals surface area contributed by atoms with E-state index in [1.54, 1.807) is 0 Å². The van der Waals surface area contributed by atoms with Gasteiger partial charge in [0.15, 0.2) is 12.3 Å². The van der Waals surface area contributed by atoms with Crippen LogP contribution >= 0.6 is 46.4 Å². The topological polar surface area (TPSA) is 61.8 Å². The zero-order chi connectivity index (χ0) is 22.0. The molecule has 0 bridgehead atoms. The first kappa shape index (κ1) is 23.1. The summed E-state index contributed by atoms with van der Waals surface area (Å²) in [6.07, 6.45) is -4.80. The summed E-state index contributed by atoms with van der Waals surface area (Å²) in [4.78, 5) is 24.7. The number of halogens is 5. The second kappa shape index (κ2) is 9.71. The highest BCUT2D eigenvalue weighted by molar-refractivity contribution is 6.37. The maximum Gasteiger partial charge on any atom is 0.340 e. The third-order valence-electron chi connectivity index (χ3n) is 4.44. The van der Waals surface area contributed by atoms with Crippen LogP contribution in [0.5, 0.6) is 0 Å².